The summed E-state index contributed by atoms with van der Waals surface area (Å²) in [6, 6.07) is 10.4. The minimum absolute atomic E-state index is 0. The molecule has 8 heteroatoms. The van der Waals surface area contributed by atoms with Gasteiger partial charge in [0.2, 0.25) is 0 Å². The molecule has 0 amide bonds. The van der Waals surface area contributed by atoms with Crippen molar-refractivity contribution in [2.24, 2.45) is 4.99 Å². The van der Waals surface area contributed by atoms with Gasteiger partial charge in [0.05, 0.1) is 13.1 Å². The van der Waals surface area contributed by atoms with Crippen LogP contribution < -0.4 is 15.4 Å². The summed E-state index contributed by atoms with van der Waals surface area (Å²) in [5.41, 5.74) is 0. The molecule has 0 atom stereocenters. The fraction of sp³-hybridized carbons (Fsp3) is 0.571. The molecule has 1 aliphatic carbocycles. The van der Waals surface area contributed by atoms with E-state index in [1.165, 1.54) is 32.1 Å². The predicted molar refractivity (Wildman–Crippen MR) is 127 cm³/mol. The summed E-state index contributed by atoms with van der Waals surface area (Å²) in [5.74, 6) is 2.76. The Morgan fingerprint density at radius 3 is 2.76 bits per heavy atom. The van der Waals surface area contributed by atoms with Crippen molar-refractivity contribution in [3.8, 4) is 5.75 Å². The van der Waals surface area contributed by atoms with Gasteiger partial charge in [-0.15, -0.1) is 34.2 Å². The van der Waals surface area contributed by atoms with Gasteiger partial charge in [-0.2, -0.15) is 0 Å². The molecule has 29 heavy (non-hydrogen) atoms. The number of guanidine groups is 1. The molecule has 0 bridgehead atoms. The molecule has 0 saturated heterocycles. The average molecular weight is 512 g/mol. The summed E-state index contributed by atoms with van der Waals surface area (Å²) in [4.78, 5) is 4.78. The van der Waals surface area contributed by atoms with E-state index in [2.05, 4.69) is 32.3 Å². The SMILES string of the molecule is CCc1nncn1CCN=C(NCCOc1ccccc1)NC1CCCCC1.I. The van der Waals surface area contributed by atoms with Gasteiger partial charge in [-0.25, -0.2) is 0 Å². The van der Waals surface area contributed by atoms with E-state index in [-0.39, 0.29) is 24.0 Å². The van der Waals surface area contributed by atoms with Crippen molar-refractivity contribution in [1.82, 2.24) is 25.4 Å². The number of aliphatic imine (C=N–C) groups is 1. The molecule has 0 aliphatic heterocycles. The lowest BCUT2D eigenvalue weighted by Gasteiger charge is -2.25. The van der Waals surface area contributed by atoms with Crippen LogP contribution in [0.25, 0.3) is 0 Å². The first kappa shape index (κ1) is 23.4. The fourth-order valence-corrected chi connectivity index (χ4v) is 3.46. The summed E-state index contributed by atoms with van der Waals surface area (Å²) < 4.78 is 7.84. The number of rotatable bonds is 9. The van der Waals surface area contributed by atoms with Crippen LogP contribution in [0.4, 0.5) is 0 Å². The van der Waals surface area contributed by atoms with Gasteiger partial charge in [0.15, 0.2) is 5.96 Å². The Labute approximate surface area is 190 Å². The fourth-order valence-electron chi connectivity index (χ4n) is 3.46. The van der Waals surface area contributed by atoms with E-state index in [0.29, 0.717) is 25.7 Å². The highest BCUT2D eigenvalue weighted by atomic mass is 127. The number of hydrogen-bond donors (Lipinski definition) is 2. The number of ether oxygens (including phenoxy) is 1. The molecule has 1 aromatic heterocycles. The normalized spacial score (nSPS) is 14.9. The highest BCUT2D eigenvalue weighted by Crippen LogP contribution is 2.17. The first-order valence-electron chi connectivity index (χ1n) is 10.4. The summed E-state index contributed by atoms with van der Waals surface area (Å²) in [6.07, 6.45) is 9.02. The third kappa shape index (κ3) is 8.20. The van der Waals surface area contributed by atoms with Crippen LogP contribution >= 0.6 is 24.0 Å². The molecule has 0 spiro atoms. The predicted octanol–water partition coefficient (Wildman–Crippen LogP) is 3.41. The van der Waals surface area contributed by atoms with Crippen molar-refractivity contribution in [1.29, 1.82) is 0 Å². The number of aromatic nitrogens is 3. The summed E-state index contributed by atoms with van der Waals surface area (Å²) in [7, 11) is 0. The minimum atomic E-state index is 0. The zero-order valence-corrected chi connectivity index (χ0v) is 19.5. The van der Waals surface area contributed by atoms with Crippen LogP contribution in [0.5, 0.6) is 5.75 Å². The second kappa shape index (κ2) is 13.4. The van der Waals surface area contributed by atoms with Crippen LogP contribution in [0, 0.1) is 0 Å². The largest absolute Gasteiger partial charge is 0.492 e. The second-order valence-corrected chi connectivity index (χ2v) is 7.09. The van der Waals surface area contributed by atoms with Gasteiger partial charge in [0, 0.05) is 19.0 Å². The van der Waals surface area contributed by atoms with Crippen molar-refractivity contribution in [3.05, 3.63) is 42.5 Å². The maximum absolute atomic E-state index is 5.77. The van der Waals surface area contributed by atoms with Crippen molar-refractivity contribution < 1.29 is 4.74 Å². The van der Waals surface area contributed by atoms with Crippen LogP contribution in [0.1, 0.15) is 44.9 Å². The number of nitrogens with one attached hydrogen (secondary N) is 2. The Kier molecular flexibility index (Phi) is 10.8. The standard InChI is InChI=1S/C21H32N6O.HI/c1-2-20-26-24-17-27(20)15-13-22-21(25-18-9-5-3-6-10-18)23-14-16-28-19-11-7-4-8-12-19;/h4,7-8,11-12,17-18H,2-3,5-6,9-10,13-16H2,1H3,(H2,22,23,25);1H. The van der Waals surface area contributed by atoms with E-state index in [0.717, 1.165) is 30.5 Å². The number of aryl methyl sites for hydroxylation is 1. The summed E-state index contributed by atoms with van der Waals surface area (Å²) in [5, 5.41) is 15.1. The van der Waals surface area contributed by atoms with E-state index >= 15 is 0 Å². The molecular weight excluding hydrogens is 479 g/mol. The maximum Gasteiger partial charge on any atom is 0.191 e. The summed E-state index contributed by atoms with van der Waals surface area (Å²) >= 11 is 0. The molecule has 1 saturated carbocycles. The third-order valence-electron chi connectivity index (χ3n) is 4.98. The first-order chi connectivity index (χ1) is 13.8. The topological polar surface area (TPSA) is 76.4 Å². The van der Waals surface area contributed by atoms with Gasteiger partial charge in [-0.1, -0.05) is 44.4 Å². The molecule has 160 valence electrons. The number of hydrogen-bond acceptors (Lipinski definition) is 4. The molecule has 2 N–H and O–H groups in total. The molecule has 1 fully saturated rings. The van der Waals surface area contributed by atoms with Gasteiger partial charge in [0.25, 0.3) is 0 Å². The Balaban J connectivity index is 0.00000300. The third-order valence-corrected chi connectivity index (χ3v) is 4.98. The highest BCUT2D eigenvalue weighted by molar-refractivity contribution is 14.0. The van der Waals surface area contributed by atoms with Crippen LogP contribution in [0.3, 0.4) is 0 Å². The van der Waals surface area contributed by atoms with Crippen LogP contribution in [0.2, 0.25) is 0 Å². The minimum Gasteiger partial charge on any atom is -0.492 e. The molecule has 3 rings (SSSR count). The number of benzene rings is 1. The lowest BCUT2D eigenvalue weighted by Crippen LogP contribution is -2.45. The maximum atomic E-state index is 5.77. The average Bonchev–Trinajstić information content (AvgIpc) is 3.20. The van der Waals surface area contributed by atoms with E-state index in [9.17, 15) is 0 Å². The quantitative estimate of drug-likeness (QED) is 0.233. The smallest absolute Gasteiger partial charge is 0.191 e. The van der Waals surface area contributed by atoms with Gasteiger partial charge in [-0.3, -0.25) is 4.99 Å². The summed E-state index contributed by atoms with van der Waals surface area (Å²) in [6.45, 7) is 4.87. The van der Waals surface area contributed by atoms with Crippen LogP contribution in [-0.4, -0.2) is 46.5 Å². The number of halogens is 1. The molecular formula is C21H33IN6O. The monoisotopic (exact) mass is 512 g/mol. The van der Waals surface area contributed by atoms with Gasteiger partial charge in [0.1, 0.15) is 24.5 Å². The molecule has 1 aliphatic rings. The van der Waals surface area contributed by atoms with Crippen molar-refractivity contribution >= 4 is 29.9 Å². The highest BCUT2D eigenvalue weighted by Gasteiger charge is 2.14. The van der Waals surface area contributed by atoms with Gasteiger partial charge < -0.3 is 19.9 Å². The van der Waals surface area contributed by atoms with Crippen molar-refractivity contribution in [3.63, 3.8) is 0 Å². The molecule has 7 nitrogen and oxygen atoms in total. The Morgan fingerprint density at radius 2 is 2.00 bits per heavy atom. The van der Waals surface area contributed by atoms with Gasteiger partial charge >= 0.3 is 0 Å². The second-order valence-electron chi connectivity index (χ2n) is 7.09. The van der Waals surface area contributed by atoms with Crippen LogP contribution in [-0.2, 0) is 13.0 Å². The molecule has 1 heterocycles. The van der Waals surface area contributed by atoms with Crippen molar-refractivity contribution in [2.75, 3.05) is 19.7 Å². The van der Waals surface area contributed by atoms with E-state index < -0.39 is 0 Å². The Hall–Kier alpha value is -1.84. The van der Waals surface area contributed by atoms with Crippen molar-refractivity contribution in [2.45, 2.75) is 58.0 Å². The Morgan fingerprint density at radius 1 is 1.21 bits per heavy atom. The molecule has 0 unspecified atom stereocenters. The van der Waals surface area contributed by atoms with E-state index in [4.69, 9.17) is 9.73 Å². The number of para-hydroxylation sites is 1. The zero-order chi connectivity index (χ0) is 19.4. The number of nitrogens with zero attached hydrogens (tertiary/aromatic N) is 4. The lowest BCUT2D eigenvalue weighted by molar-refractivity contribution is 0.321. The lowest BCUT2D eigenvalue weighted by atomic mass is 9.96. The zero-order valence-electron chi connectivity index (χ0n) is 17.2. The first-order valence-corrected chi connectivity index (χ1v) is 10.4. The van der Waals surface area contributed by atoms with Crippen LogP contribution in [0.15, 0.2) is 41.7 Å². The molecule has 0 radical (unpaired) electrons. The van der Waals surface area contributed by atoms with E-state index in [1.54, 1.807) is 6.33 Å². The van der Waals surface area contributed by atoms with E-state index in [1.807, 2.05) is 30.3 Å². The molecule has 1 aromatic carbocycles. The molecule has 2 aromatic rings. The Bertz CT molecular complexity index is 715. The van der Waals surface area contributed by atoms with Gasteiger partial charge in [-0.05, 0) is 25.0 Å².